The fourth-order valence-corrected chi connectivity index (χ4v) is 3.64. The monoisotopic (exact) mass is 220 g/mol. The van der Waals surface area contributed by atoms with Gasteiger partial charge in [-0.05, 0) is 61.9 Å². The standard InChI is InChI=1S/C15H24O/c1-10-4-6-13-11(2)5-7-14(12(3)9-16)15(13)8-10/h8,11,13-16H,3-7,9H2,1-2H3. The van der Waals surface area contributed by atoms with Gasteiger partial charge in [0.25, 0.3) is 0 Å². The lowest BCUT2D eigenvalue weighted by Gasteiger charge is -2.44. The maximum absolute atomic E-state index is 9.29. The topological polar surface area (TPSA) is 20.2 Å². The molecule has 16 heavy (non-hydrogen) atoms. The zero-order valence-electron chi connectivity index (χ0n) is 10.6. The molecule has 0 bridgehead atoms. The molecule has 1 fully saturated rings. The smallest absolute Gasteiger partial charge is 0.0642 e. The van der Waals surface area contributed by atoms with Crippen LogP contribution in [0, 0.1) is 23.7 Å². The zero-order chi connectivity index (χ0) is 11.7. The zero-order valence-corrected chi connectivity index (χ0v) is 10.6. The van der Waals surface area contributed by atoms with E-state index in [-0.39, 0.29) is 6.61 Å². The van der Waals surface area contributed by atoms with E-state index in [0.717, 1.165) is 17.4 Å². The van der Waals surface area contributed by atoms with E-state index in [1.54, 1.807) is 0 Å². The van der Waals surface area contributed by atoms with E-state index in [1.807, 2.05) is 0 Å². The summed E-state index contributed by atoms with van der Waals surface area (Å²) in [6.45, 7) is 8.86. The highest BCUT2D eigenvalue weighted by Gasteiger charge is 2.38. The van der Waals surface area contributed by atoms with Crippen LogP contribution in [0.25, 0.3) is 0 Å². The van der Waals surface area contributed by atoms with Crippen molar-refractivity contribution >= 4 is 0 Å². The van der Waals surface area contributed by atoms with Crippen LogP contribution >= 0.6 is 0 Å². The number of allylic oxidation sites excluding steroid dienone is 2. The normalized spacial score (nSPS) is 38.8. The molecule has 0 heterocycles. The van der Waals surface area contributed by atoms with Crippen molar-refractivity contribution < 1.29 is 5.11 Å². The molecule has 1 heteroatoms. The Kier molecular flexibility index (Phi) is 3.53. The minimum Gasteiger partial charge on any atom is -0.392 e. The third-order valence-corrected chi connectivity index (χ3v) is 4.70. The molecule has 0 amide bonds. The quantitative estimate of drug-likeness (QED) is 0.706. The Balaban J connectivity index is 2.22. The average molecular weight is 220 g/mol. The lowest BCUT2D eigenvalue weighted by Crippen LogP contribution is -2.35. The summed E-state index contributed by atoms with van der Waals surface area (Å²) in [6.07, 6.45) is 7.59. The van der Waals surface area contributed by atoms with Gasteiger partial charge in [0.15, 0.2) is 0 Å². The van der Waals surface area contributed by atoms with Crippen molar-refractivity contribution in [3.8, 4) is 0 Å². The van der Waals surface area contributed by atoms with Gasteiger partial charge in [0, 0.05) is 0 Å². The molecule has 0 aromatic heterocycles. The van der Waals surface area contributed by atoms with Crippen LogP contribution in [0.1, 0.15) is 39.5 Å². The van der Waals surface area contributed by atoms with Crippen molar-refractivity contribution in [3.05, 3.63) is 23.8 Å². The molecule has 0 aliphatic heterocycles. The van der Waals surface area contributed by atoms with Crippen LogP contribution in [0.2, 0.25) is 0 Å². The first-order valence-electron chi connectivity index (χ1n) is 6.59. The van der Waals surface area contributed by atoms with Crippen molar-refractivity contribution in [3.63, 3.8) is 0 Å². The summed E-state index contributed by atoms with van der Waals surface area (Å²) in [5.74, 6) is 2.85. The van der Waals surface area contributed by atoms with Crippen molar-refractivity contribution in [2.75, 3.05) is 6.61 Å². The molecule has 0 aromatic carbocycles. The van der Waals surface area contributed by atoms with Crippen molar-refractivity contribution in [2.45, 2.75) is 39.5 Å². The van der Waals surface area contributed by atoms with Crippen LogP contribution in [0.15, 0.2) is 23.8 Å². The van der Waals surface area contributed by atoms with Crippen molar-refractivity contribution in [1.82, 2.24) is 0 Å². The van der Waals surface area contributed by atoms with Crippen LogP contribution in [0.4, 0.5) is 0 Å². The summed E-state index contributed by atoms with van der Waals surface area (Å²) in [6, 6.07) is 0. The summed E-state index contributed by atoms with van der Waals surface area (Å²) in [5.41, 5.74) is 2.58. The fraction of sp³-hybridized carbons (Fsp3) is 0.733. The number of rotatable bonds is 2. The second-order valence-electron chi connectivity index (χ2n) is 5.77. The minimum absolute atomic E-state index is 0.162. The van der Waals surface area contributed by atoms with Crippen LogP contribution in [-0.2, 0) is 0 Å². The highest BCUT2D eigenvalue weighted by molar-refractivity contribution is 5.16. The van der Waals surface area contributed by atoms with Gasteiger partial charge >= 0.3 is 0 Å². The molecule has 4 atom stereocenters. The van der Waals surface area contributed by atoms with Gasteiger partial charge in [-0.2, -0.15) is 0 Å². The summed E-state index contributed by atoms with van der Waals surface area (Å²) in [4.78, 5) is 0. The molecule has 4 unspecified atom stereocenters. The Morgan fingerprint density at radius 1 is 1.44 bits per heavy atom. The third kappa shape index (κ3) is 2.10. The summed E-state index contributed by atoms with van der Waals surface area (Å²) in [7, 11) is 0. The summed E-state index contributed by atoms with van der Waals surface area (Å²) >= 11 is 0. The maximum atomic E-state index is 9.29. The van der Waals surface area contributed by atoms with Gasteiger partial charge in [0.05, 0.1) is 6.61 Å². The number of fused-ring (bicyclic) bond motifs is 1. The molecule has 0 aromatic rings. The van der Waals surface area contributed by atoms with E-state index in [2.05, 4.69) is 26.5 Å². The van der Waals surface area contributed by atoms with Gasteiger partial charge in [-0.25, -0.2) is 0 Å². The SMILES string of the molecule is C=C(CO)C1CCC(C)C2CCC(C)=CC12. The summed E-state index contributed by atoms with van der Waals surface area (Å²) < 4.78 is 0. The lowest BCUT2D eigenvalue weighted by molar-refractivity contribution is 0.127. The number of hydrogen-bond donors (Lipinski definition) is 1. The predicted octanol–water partition coefficient (Wildman–Crippen LogP) is 3.55. The Morgan fingerprint density at radius 3 is 2.88 bits per heavy atom. The molecule has 0 radical (unpaired) electrons. The molecule has 1 N–H and O–H groups in total. The van der Waals surface area contributed by atoms with Gasteiger partial charge in [0.1, 0.15) is 0 Å². The second kappa shape index (κ2) is 4.75. The lowest BCUT2D eigenvalue weighted by atomic mass is 9.61. The number of aliphatic hydroxyl groups excluding tert-OH is 1. The molecule has 1 saturated carbocycles. The second-order valence-corrected chi connectivity index (χ2v) is 5.77. The highest BCUT2D eigenvalue weighted by Crippen LogP contribution is 2.47. The van der Waals surface area contributed by atoms with Gasteiger partial charge in [-0.3, -0.25) is 0 Å². The minimum atomic E-state index is 0.162. The Hall–Kier alpha value is -0.560. The van der Waals surface area contributed by atoms with Crippen molar-refractivity contribution in [2.24, 2.45) is 23.7 Å². The maximum Gasteiger partial charge on any atom is 0.0642 e. The molecule has 2 rings (SSSR count). The largest absolute Gasteiger partial charge is 0.392 e. The van der Waals surface area contributed by atoms with E-state index < -0.39 is 0 Å². The molecular formula is C15H24O. The Labute approximate surface area is 99.3 Å². The van der Waals surface area contributed by atoms with E-state index in [9.17, 15) is 5.11 Å². The molecular weight excluding hydrogens is 196 g/mol. The first kappa shape index (κ1) is 11.9. The van der Waals surface area contributed by atoms with Gasteiger partial charge < -0.3 is 5.11 Å². The van der Waals surface area contributed by atoms with Crippen LogP contribution in [0.5, 0.6) is 0 Å². The predicted molar refractivity (Wildman–Crippen MR) is 68.1 cm³/mol. The van der Waals surface area contributed by atoms with E-state index in [0.29, 0.717) is 11.8 Å². The molecule has 1 nitrogen and oxygen atoms in total. The van der Waals surface area contributed by atoms with Crippen LogP contribution in [0.3, 0.4) is 0 Å². The van der Waals surface area contributed by atoms with Gasteiger partial charge in [-0.1, -0.05) is 25.2 Å². The van der Waals surface area contributed by atoms with Crippen LogP contribution in [-0.4, -0.2) is 11.7 Å². The molecule has 2 aliphatic rings. The Bertz CT molecular complexity index is 303. The number of aliphatic hydroxyl groups is 1. The first-order chi connectivity index (χ1) is 7.63. The van der Waals surface area contributed by atoms with Crippen molar-refractivity contribution in [1.29, 1.82) is 0 Å². The highest BCUT2D eigenvalue weighted by atomic mass is 16.3. The van der Waals surface area contributed by atoms with E-state index in [1.165, 1.54) is 31.3 Å². The average Bonchev–Trinajstić information content (AvgIpc) is 2.28. The molecule has 0 saturated heterocycles. The van der Waals surface area contributed by atoms with E-state index >= 15 is 0 Å². The molecule has 2 aliphatic carbocycles. The molecule has 90 valence electrons. The van der Waals surface area contributed by atoms with E-state index in [4.69, 9.17) is 0 Å². The van der Waals surface area contributed by atoms with Gasteiger partial charge in [-0.15, -0.1) is 0 Å². The summed E-state index contributed by atoms with van der Waals surface area (Å²) in [5, 5.41) is 9.29. The molecule has 0 spiro atoms. The fourth-order valence-electron chi connectivity index (χ4n) is 3.64. The van der Waals surface area contributed by atoms with Gasteiger partial charge in [0.2, 0.25) is 0 Å². The van der Waals surface area contributed by atoms with Crippen LogP contribution < -0.4 is 0 Å². The number of hydrogen-bond acceptors (Lipinski definition) is 1. The first-order valence-corrected chi connectivity index (χ1v) is 6.59. The Morgan fingerprint density at radius 2 is 2.19 bits per heavy atom. The third-order valence-electron chi connectivity index (χ3n) is 4.70.